The van der Waals surface area contributed by atoms with Gasteiger partial charge < -0.3 is 14.2 Å². The summed E-state index contributed by atoms with van der Waals surface area (Å²) in [6, 6.07) is 39.0. The molecule has 0 spiro atoms. The molecule has 7 nitrogen and oxygen atoms in total. The number of hydrogen-bond acceptors (Lipinski definition) is 5. The van der Waals surface area contributed by atoms with Gasteiger partial charge in [-0.3, -0.25) is 4.79 Å². The van der Waals surface area contributed by atoms with Crippen LogP contribution in [0, 0.1) is 0 Å². The Balaban J connectivity index is 1.35. The van der Waals surface area contributed by atoms with E-state index in [0.29, 0.717) is 35.6 Å². The zero-order chi connectivity index (χ0) is 41.5. The number of para-hydroxylation sites is 1. The van der Waals surface area contributed by atoms with Gasteiger partial charge in [0.05, 0.1) is 16.5 Å². The third-order valence-electron chi connectivity index (χ3n) is 10.5. The van der Waals surface area contributed by atoms with Crippen LogP contribution in [0.25, 0.3) is 33.6 Å². The highest BCUT2D eigenvalue weighted by molar-refractivity contribution is 7.84. The Morgan fingerprint density at radius 1 is 0.845 bits per heavy atom. The van der Waals surface area contributed by atoms with E-state index in [2.05, 4.69) is 45.0 Å². The number of halogens is 3. The van der Waals surface area contributed by atoms with E-state index in [1.165, 1.54) is 0 Å². The number of amides is 1. The molecule has 0 radical (unpaired) electrons. The SMILES string of the molecule is CC(C)(C)[S@@](=O)N1Cc2cc(C(=O)NCC(F)(F)F)nc(-c3cccc(-c4cc5ccccc5o4)c3)c2[C@H]1CCO[Si](c1ccccc1)(c1ccccc1)C(C)(C)C. The number of furan rings is 1. The number of carbonyl (C=O) groups excluding carboxylic acids is 1. The Bertz CT molecular complexity index is 2370. The summed E-state index contributed by atoms with van der Waals surface area (Å²) in [5, 5.41) is 4.92. The molecule has 4 aromatic carbocycles. The van der Waals surface area contributed by atoms with Crippen molar-refractivity contribution in [1.29, 1.82) is 0 Å². The third-order valence-corrected chi connectivity index (χ3v) is 17.4. The van der Waals surface area contributed by atoms with Crippen molar-refractivity contribution < 1.29 is 31.0 Å². The van der Waals surface area contributed by atoms with Gasteiger partial charge in [-0.05, 0) is 72.4 Å². The number of rotatable bonds is 11. The van der Waals surface area contributed by atoms with Crippen LogP contribution in [0.3, 0.4) is 0 Å². The van der Waals surface area contributed by atoms with Crippen LogP contribution in [0.1, 0.15) is 75.6 Å². The Kier molecular flexibility index (Phi) is 11.4. The average Bonchev–Trinajstić information content (AvgIpc) is 3.79. The molecule has 0 bridgehead atoms. The average molecular weight is 824 g/mol. The van der Waals surface area contributed by atoms with Crippen LogP contribution in [0.2, 0.25) is 5.04 Å². The monoisotopic (exact) mass is 823 g/mol. The lowest BCUT2D eigenvalue weighted by Crippen LogP contribution is -2.66. The number of hydrogen-bond donors (Lipinski definition) is 1. The normalized spacial score (nSPS) is 15.7. The van der Waals surface area contributed by atoms with E-state index in [0.717, 1.165) is 32.5 Å². The first kappa shape index (κ1) is 41.3. The summed E-state index contributed by atoms with van der Waals surface area (Å²) in [7, 11) is -4.48. The number of fused-ring (bicyclic) bond motifs is 2. The zero-order valence-corrected chi connectivity index (χ0v) is 35.3. The van der Waals surface area contributed by atoms with Crippen LogP contribution in [0.5, 0.6) is 0 Å². The molecule has 1 aliphatic rings. The number of nitrogens with zero attached hydrogens (tertiary/aromatic N) is 2. The smallest absolute Gasteiger partial charge is 0.405 e. The number of aromatic nitrogens is 1. The summed E-state index contributed by atoms with van der Waals surface area (Å²) in [5.74, 6) is -0.318. The summed E-state index contributed by atoms with van der Waals surface area (Å²) >= 11 is 0. The lowest BCUT2D eigenvalue weighted by atomic mass is 9.95. The molecule has 6 aromatic rings. The van der Waals surface area contributed by atoms with Crippen LogP contribution in [0.4, 0.5) is 13.2 Å². The predicted octanol–water partition coefficient (Wildman–Crippen LogP) is 9.74. The summed E-state index contributed by atoms with van der Waals surface area (Å²) in [6.07, 6.45) is -4.18. The van der Waals surface area contributed by atoms with Gasteiger partial charge >= 0.3 is 6.18 Å². The van der Waals surface area contributed by atoms with Gasteiger partial charge in [0.2, 0.25) is 0 Å². The van der Waals surface area contributed by atoms with Crippen LogP contribution in [-0.4, -0.2) is 51.8 Å². The number of pyridine rings is 1. The van der Waals surface area contributed by atoms with E-state index in [-0.39, 0.29) is 17.3 Å². The van der Waals surface area contributed by atoms with Gasteiger partial charge in [-0.1, -0.05) is 118 Å². The van der Waals surface area contributed by atoms with Gasteiger partial charge in [0.25, 0.3) is 14.2 Å². The van der Waals surface area contributed by atoms with E-state index >= 15 is 0 Å². The standard InChI is InChI=1S/C46H48F3N3O4SSi/c1-44(2,3)57(54)52-29-34-27-37(43(53)50-30-46(47,48)49)51-42(33-18-15-17-31(26-33)40-28-32-16-13-14-23-39(32)56-40)41(34)38(52)24-25-55-58(45(4,5)6,35-19-9-7-10-20-35)36-21-11-8-12-22-36/h7-23,26-28,38H,24-25,29-30H2,1-6H3,(H,50,53)/t38-,57-/m1/s1. The largest absolute Gasteiger partial charge is 0.456 e. The van der Waals surface area contributed by atoms with E-state index < -0.39 is 48.7 Å². The molecule has 0 fully saturated rings. The van der Waals surface area contributed by atoms with Gasteiger partial charge in [-0.25, -0.2) is 13.5 Å². The van der Waals surface area contributed by atoms with Gasteiger partial charge in [0, 0.05) is 35.2 Å². The van der Waals surface area contributed by atoms with Gasteiger partial charge in [-0.15, -0.1) is 0 Å². The molecule has 1 N–H and O–H groups in total. The maximum atomic E-state index is 14.5. The lowest BCUT2D eigenvalue weighted by Gasteiger charge is -2.43. The minimum atomic E-state index is -4.60. The molecule has 1 aliphatic heterocycles. The molecule has 2 aromatic heterocycles. The van der Waals surface area contributed by atoms with Crippen LogP contribution in [-0.2, 0) is 22.0 Å². The van der Waals surface area contributed by atoms with Crippen molar-refractivity contribution >= 4 is 46.6 Å². The predicted molar refractivity (Wildman–Crippen MR) is 228 cm³/mol. The van der Waals surface area contributed by atoms with E-state index in [1.54, 1.807) is 6.07 Å². The van der Waals surface area contributed by atoms with Crippen molar-refractivity contribution in [2.75, 3.05) is 13.2 Å². The first-order valence-corrected chi connectivity index (χ1v) is 22.4. The molecule has 7 rings (SSSR count). The molecule has 302 valence electrons. The molecule has 0 aliphatic carbocycles. The van der Waals surface area contributed by atoms with Crippen molar-refractivity contribution in [2.24, 2.45) is 0 Å². The highest BCUT2D eigenvalue weighted by Crippen LogP contribution is 2.45. The Morgan fingerprint density at radius 3 is 2.07 bits per heavy atom. The maximum Gasteiger partial charge on any atom is 0.405 e. The molecular formula is C46H48F3N3O4SSi. The third kappa shape index (κ3) is 8.33. The Hall–Kier alpha value is -4.88. The highest BCUT2D eigenvalue weighted by Gasteiger charge is 2.50. The van der Waals surface area contributed by atoms with Gasteiger partial charge in [0.1, 0.15) is 34.6 Å². The fourth-order valence-electron chi connectivity index (χ4n) is 7.98. The molecule has 1 amide bonds. The highest BCUT2D eigenvalue weighted by atomic mass is 32.2. The molecule has 3 heterocycles. The lowest BCUT2D eigenvalue weighted by molar-refractivity contribution is -0.123. The molecule has 2 atom stereocenters. The van der Waals surface area contributed by atoms with Gasteiger partial charge in [0.15, 0.2) is 0 Å². The van der Waals surface area contributed by atoms with E-state index in [4.69, 9.17) is 13.8 Å². The molecule has 12 heteroatoms. The first-order chi connectivity index (χ1) is 27.5. The summed E-state index contributed by atoms with van der Waals surface area (Å²) in [6.45, 7) is 11.4. The van der Waals surface area contributed by atoms with E-state index in [1.807, 2.05) is 121 Å². The Labute approximate surface area is 341 Å². The van der Waals surface area contributed by atoms with Crippen molar-refractivity contribution in [2.45, 2.75) is 76.5 Å². The first-order valence-electron chi connectivity index (χ1n) is 19.4. The summed E-state index contributed by atoms with van der Waals surface area (Å²) < 4.78 is 69.1. The second-order valence-electron chi connectivity index (χ2n) is 16.7. The molecule has 0 unspecified atom stereocenters. The second kappa shape index (κ2) is 16.0. The van der Waals surface area contributed by atoms with Crippen molar-refractivity contribution in [3.8, 4) is 22.6 Å². The van der Waals surface area contributed by atoms with E-state index in [9.17, 15) is 22.2 Å². The number of alkyl halides is 3. The molecule has 58 heavy (non-hydrogen) atoms. The van der Waals surface area contributed by atoms with Crippen LogP contribution in [0.15, 0.2) is 126 Å². The number of benzene rings is 4. The topological polar surface area (TPSA) is 84.7 Å². The van der Waals surface area contributed by atoms with Crippen LogP contribution < -0.4 is 15.7 Å². The number of nitrogens with one attached hydrogen (secondary N) is 1. The minimum absolute atomic E-state index is 0.155. The Morgan fingerprint density at radius 2 is 1.47 bits per heavy atom. The molecule has 0 saturated carbocycles. The molecular weight excluding hydrogens is 776 g/mol. The summed E-state index contributed by atoms with van der Waals surface area (Å²) in [5.41, 5.74) is 3.83. The second-order valence-corrected chi connectivity index (χ2v) is 23.2. The van der Waals surface area contributed by atoms with Crippen molar-refractivity contribution in [3.63, 3.8) is 0 Å². The zero-order valence-electron chi connectivity index (χ0n) is 33.5. The fourth-order valence-corrected chi connectivity index (χ4v) is 14.0. The summed E-state index contributed by atoms with van der Waals surface area (Å²) in [4.78, 5) is 18.2. The van der Waals surface area contributed by atoms with Crippen molar-refractivity contribution in [3.05, 3.63) is 138 Å². The molecule has 0 saturated heterocycles. The van der Waals surface area contributed by atoms with Crippen LogP contribution >= 0.6 is 0 Å². The number of carbonyl (C=O) groups is 1. The van der Waals surface area contributed by atoms with Gasteiger partial charge in [-0.2, -0.15) is 13.2 Å². The maximum absolute atomic E-state index is 14.5. The van der Waals surface area contributed by atoms with Crippen molar-refractivity contribution in [1.82, 2.24) is 14.6 Å². The quantitative estimate of drug-likeness (QED) is 0.132. The fraction of sp³-hybridized carbons (Fsp3) is 0.304. The minimum Gasteiger partial charge on any atom is -0.456 e.